The highest BCUT2D eigenvalue weighted by molar-refractivity contribution is 7.91. The zero-order valence-corrected chi connectivity index (χ0v) is 30.7. The number of benzene rings is 1. The lowest BCUT2D eigenvalue weighted by molar-refractivity contribution is -0.159. The molecule has 0 aromatic heterocycles. The molecule has 3 aliphatic heterocycles. The number of carbonyl (C=O) groups is 5. The number of amides is 4. The van der Waals surface area contributed by atoms with E-state index in [0.29, 0.717) is 24.0 Å². The van der Waals surface area contributed by atoms with Gasteiger partial charge in [0.25, 0.3) is 5.91 Å². The molecule has 2 saturated carbocycles. The minimum Gasteiger partial charge on any atom is -0.460 e. The lowest BCUT2D eigenvalue weighted by Gasteiger charge is -2.30. The van der Waals surface area contributed by atoms with E-state index >= 15 is 8.78 Å². The smallest absolute Gasteiger partial charge is 0.410 e. The number of nitrogens with one attached hydrogen (secondary N) is 2. The highest BCUT2D eigenvalue weighted by atomic mass is 32.2. The van der Waals surface area contributed by atoms with E-state index < -0.39 is 118 Å². The zero-order valence-electron chi connectivity index (χ0n) is 29.9. The van der Waals surface area contributed by atoms with Gasteiger partial charge in [0.05, 0.1) is 24.8 Å². The summed E-state index contributed by atoms with van der Waals surface area (Å²) in [6.45, 7) is 4.49. The second-order valence-corrected chi connectivity index (χ2v) is 17.7. The van der Waals surface area contributed by atoms with Crippen LogP contribution in [0, 0.1) is 17.7 Å². The van der Waals surface area contributed by atoms with Crippen LogP contribution in [0.3, 0.4) is 0 Å². The maximum Gasteiger partial charge on any atom is 0.410 e. The molecule has 2 aliphatic carbocycles. The number of allylic oxidation sites excluding steroid dienone is 1. The summed E-state index contributed by atoms with van der Waals surface area (Å²) >= 11 is 0. The second kappa shape index (κ2) is 14.3. The van der Waals surface area contributed by atoms with Gasteiger partial charge in [-0.1, -0.05) is 24.3 Å². The molecule has 1 saturated heterocycles. The number of carbonyl (C=O) groups excluding carboxylic acids is 5. The number of hydrogen-bond acceptors (Lipinski definition) is 9. The molecule has 1 aromatic carbocycles. The molecule has 17 heteroatoms. The SMILES string of the molecule is CC(C)(C)OC(=O)C[C@H]1CCC(F)(F)CC/C=C\[C@@H]2C[C@@]2(C(=O)NS(=O)(=O)C2CC2)NC(=O)[C@@H]2C[C@@H](OC(=O)N3Cc4cccc(F)c4C3)CN2C1=O. The van der Waals surface area contributed by atoms with Crippen LogP contribution in [-0.2, 0) is 51.8 Å². The molecule has 0 spiro atoms. The maximum absolute atomic E-state index is 15.2. The van der Waals surface area contributed by atoms with Crippen molar-refractivity contribution in [2.45, 2.75) is 126 Å². The van der Waals surface area contributed by atoms with E-state index in [2.05, 4.69) is 10.0 Å². The van der Waals surface area contributed by atoms with Gasteiger partial charge in [0.15, 0.2) is 0 Å². The minimum absolute atomic E-state index is 0.0237. The Balaban J connectivity index is 1.28. The first-order chi connectivity index (χ1) is 24.8. The fourth-order valence-electron chi connectivity index (χ4n) is 7.27. The Morgan fingerprint density at radius 1 is 1.08 bits per heavy atom. The average molecular weight is 767 g/mol. The van der Waals surface area contributed by atoms with Gasteiger partial charge in [0, 0.05) is 43.2 Å². The number of hydrogen-bond donors (Lipinski definition) is 2. The first-order valence-electron chi connectivity index (χ1n) is 17.9. The molecule has 53 heavy (non-hydrogen) atoms. The van der Waals surface area contributed by atoms with Crippen LogP contribution in [-0.4, -0.2) is 89.0 Å². The molecule has 3 heterocycles. The van der Waals surface area contributed by atoms with Crippen molar-refractivity contribution in [3.8, 4) is 0 Å². The lowest BCUT2D eigenvalue weighted by Crippen LogP contribution is -2.57. The van der Waals surface area contributed by atoms with Gasteiger partial charge in [0.2, 0.25) is 27.8 Å². The van der Waals surface area contributed by atoms with Crippen molar-refractivity contribution in [3.05, 3.63) is 47.3 Å². The third kappa shape index (κ3) is 8.81. The van der Waals surface area contributed by atoms with Crippen molar-refractivity contribution in [2.24, 2.45) is 11.8 Å². The molecule has 0 unspecified atom stereocenters. The van der Waals surface area contributed by atoms with E-state index in [1.54, 1.807) is 26.8 Å². The number of rotatable bonds is 6. The van der Waals surface area contributed by atoms with E-state index in [1.165, 1.54) is 29.2 Å². The van der Waals surface area contributed by atoms with E-state index in [-0.39, 0.29) is 38.9 Å². The summed E-state index contributed by atoms with van der Waals surface area (Å²) in [6.07, 6.45) is -0.919. The lowest BCUT2D eigenvalue weighted by atomic mass is 9.93. The first-order valence-corrected chi connectivity index (χ1v) is 19.5. The topological polar surface area (TPSA) is 168 Å². The van der Waals surface area contributed by atoms with Crippen molar-refractivity contribution < 1.29 is 55.0 Å². The Morgan fingerprint density at radius 3 is 2.49 bits per heavy atom. The molecule has 3 fully saturated rings. The normalized spacial score (nSPS) is 29.4. The fourth-order valence-corrected chi connectivity index (χ4v) is 8.63. The number of esters is 1. The van der Waals surface area contributed by atoms with Gasteiger partial charge in [-0.05, 0) is 64.5 Å². The van der Waals surface area contributed by atoms with E-state index in [0.717, 1.165) is 4.90 Å². The quantitative estimate of drug-likeness (QED) is 0.323. The summed E-state index contributed by atoms with van der Waals surface area (Å²) in [4.78, 5) is 70.6. The van der Waals surface area contributed by atoms with Crippen LogP contribution in [0.2, 0.25) is 0 Å². The number of alkyl halides is 2. The van der Waals surface area contributed by atoms with Crippen LogP contribution in [0.1, 0.15) is 89.7 Å². The summed E-state index contributed by atoms with van der Waals surface area (Å²) in [5.41, 5.74) is -1.76. The monoisotopic (exact) mass is 766 g/mol. The minimum atomic E-state index is -4.03. The molecule has 290 valence electrons. The van der Waals surface area contributed by atoms with Gasteiger partial charge >= 0.3 is 12.1 Å². The van der Waals surface area contributed by atoms with Crippen LogP contribution in [0.25, 0.3) is 0 Å². The van der Waals surface area contributed by atoms with Gasteiger partial charge in [0.1, 0.15) is 29.1 Å². The van der Waals surface area contributed by atoms with Crippen molar-refractivity contribution in [3.63, 3.8) is 0 Å². The number of ether oxygens (including phenoxy) is 2. The number of sulfonamides is 1. The van der Waals surface area contributed by atoms with Gasteiger partial charge in [-0.25, -0.2) is 26.4 Å². The Labute approximate surface area is 306 Å². The summed E-state index contributed by atoms with van der Waals surface area (Å²) in [7, 11) is -4.03. The van der Waals surface area contributed by atoms with Crippen molar-refractivity contribution >= 4 is 39.8 Å². The molecule has 13 nitrogen and oxygen atoms in total. The third-order valence-corrected chi connectivity index (χ3v) is 12.2. The predicted octanol–water partition coefficient (Wildman–Crippen LogP) is 3.84. The van der Waals surface area contributed by atoms with Crippen LogP contribution >= 0.6 is 0 Å². The molecule has 2 N–H and O–H groups in total. The van der Waals surface area contributed by atoms with Crippen LogP contribution in [0.15, 0.2) is 30.4 Å². The van der Waals surface area contributed by atoms with Crippen LogP contribution in [0.4, 0.5) is 18.0 Å². The number of fused-ring (bicyclic) bond motifs is 3. The van der Waals surface area contributed by atoms with E-state index in [1.807, 2.05) is 0 Å². The van der Waals surface area contributed by atoms with Gasteiger partial charge in [-0.3, -0.25) is 28.8 Å². The zero-order chi connectivity index (χ0) is 38.5. The third-order valence-electron chi connectivity index (χ3n) is 10.4. The predicted molar refractivity (Wildman–Crippen MR) is 182 cm³/mol. The largest absolute Gasteiger partial charge is 0.460 e. The van der Waals surface area contributed by atoms with Gasteiger partial charge < -0.3 is 19.7 Å². The van der Waals surface area contributed by atoms with Gasteiger partial charge in [-0.15, -0.1) is 0 Å². The van der Waals surface area contributed by atoms with Crippen LogP contribution < -0.4 is 10.0 Å². The van der Waals surface area contributed by atoms with E-state index in [4.69, 9.17) is 9.47 Å². The second-order valence-electron chi connectivity index (χ2n) is 15.8. The molecular weight excluding hydrogens is 721 g/mol. The molecular formula is C36H45F3N4O9S. The Morgan fingerprint density at radius 2 is 1.81 bits per heavy atom. The highest BCUT2D eigenvalue weighted by Gasteiger charge is 2.62. The molecule has 5 atom stereocenters. The van der Waals surface area contributed by atoms with Crippen molar-refractivity contribution in [2.75, 3.05) is 6.54 Å². The fraction of sp³-hybridized carbons (Fsp3) is 0.639. The Bertz CT molecular complexity index is 1810. The highest BCUT2D eigenvalue weighted by Crippen LogP contribution is 2.46. The van der Waals surface area contributed by atoms with Crippen LogP contribution in [0.5, 0.6) is 0 Å². The Kier molecular flexibility index (Phi) is 10.4. The average Bonchev–Trinajstić information content (AvgIpc) is 3.94. The molecule has 4 amide bonds. The first kappa shape index (κ1) is 38.6. The Hall–Kier alpha value is -4.15. The number of nitrogens with zero attached hydrogens (tertiary/aromatic N) is 2. The number of halogens is 3. The molecule has 0 bridgehead atoms. The molecule has 0 radical (unpaired) electrons. The maximum atomic E-state index is 15.2. The molecule has 1 aromatic rings. The summed E-state index contributed by atoms with van der Waals surface area (Å²) < 4.78 is 83.5. The molecule has 5 aliphatic rings. The van der Waals surface area contributed by atoms with Gasteiger partial charge in [-0.2, -0.15) is 0 Å². The molecule has 6 rings (SSSR count). The van der Waals surface area contributed by atoms with Crippen molar-refractivity contribution in [1.82, 2.24) is 19.8 Å². The summed E-state index contributed by atoms with van der Waals surface area (Å²) in [5.74, 6) is -9.25. The van der Waals surface area contributed by atoms with Crippen molar-refractivity contribution in [1.29, 1.82) is 0 Å². The summed E-state index contributed by atoms with van der Waals surface area (Å²) in [6, 6.07) is 3.08. The standard InChI is InChI=1S/C36H45F3N4O9S/c1-34(2,3)52-29(44)15-21-12-14-35(38,39)13-5-4-8-23-17-36(23,32(47)41-53(49,50)25-10-11-25)40-30(45)28-16-24(19-43(28)31(21)46)51-33(48)42-18-22-7-6-9-27(37)26(22)20-42/h4,6-9,21,23-25,28H,5,10-20H2,1-3H3,(H,40,45)(H,41,47)/b8-4-/t21-,23-,24-,28+,36-/m1/s1. The summed E-state index contributed by atoms with van der Waals surface area (Å²) in [5, 5.41) is 1.93. The van der Waals surface area contributed by atoms with E-state index in [9.17, 15) is 36.8 Å².